The molecule has 2 aromatic rings. The molecule has 178 valence electrons. The summed E-state index contributed by atoms with van der Waals surface area (Å²) >= 11 is 0. The van der Waals surface area contributed by atoms with E-state index in [0.29, 0.717) is 6.61 Å². The van der Waals surface area contributed by atoms with Crippen LogP contribution in [0.3, 0.4) is 0 Å². The van der Waals surface area contributed by atoms with Crippen LogP contribution in [0.25, 0.3) is 0 Å². The molecule has 7 heteroatoms. The van der Waals surface area contributed by atoms with Gasteiger partial charge in [-0.25, -0.2) is 9.97 Å². The molecule has 3 aliphatic rings. The third-order valence-electron chi connectivity index (χ3n) is 7.93. The van der Waals surface area contributed by atoms with Crippen molar-refractivity contribution < 1.29 is 13.9 Å². The summed E-state index contributed by atoms with van der Waals surface area (Å²) < 4.78 is 18.2. The molecule has 0 bridgehead atoms. The van der Waals surface area contributed by atoms with Gasteiger partial charge in [0.1, 0.15) is 17.7 Å². The maximum absolute atomic E-state index is 6.42. The fraction of sp³-hybridized carbons (Fsp3) is 0.615. The van der Waals surface area contributed by atoms with Crippen LogP contribution >= 0.6 is 0 Å². The third kappa shape index (κ3) is 4.55. The van der Waals surface area contributed by atoms with E-state index >= 15 is 0 Å². The summed E-state index contributed by atoms with van der Waals surface area (Å²) in [5.41, 5.74) is 2.64. The minimum Gasteiger partial charge on any atom is -0.490 e. The van der Waals surface area contributed by atoms with Gasteiger partial charge in [-0.05, 0) is 43.1 Å². The number of benzene rings is 1. The highest BCUT2D eigenvalue weighted by molar-refractivity contribution is 6.74. The van der Waals surface area contributed by atoms with E-state index < -0.39 is 8.32 Å². The van der Waals surface area contributed by atoms with Gasteiger partial charge >= 0.3 is 0 Å². The van der Waals surface area contributed by atoms with E-state index in [4.69, 9.17) is 23.9 Å². The molecule has 6 nitrogen and oxygen atoms in total. The zero-order valence-corrected chi connectivity index (χ0v) is 21.7. The summed E-state index contributed by atoms with van der Waals surface area (Å²) in [6.45, 7) is 14.3. The summed E-state index contributed by atoms with van der Waals surface area (Å²) in [7, 11) is -1.86. The molecule has 1 saturated carbocycles. The van der Waals surface area contributed by atoms with E-state index in [2.05, 4.69) is 69.2 Å². The highest BCUT2D eigenvalue weighted by Gasteiger charge is 2.53. The average Bonchev–Trinajstić information content (AvgIpc) is 3.49. The van der Waals surface area contributed by atoms with Crippen molar-refractivity contribution >= 4 is 19.8 Å². The fourth-order valence-corrected chi connectivity index (χ4v) is 5.41. The second kappa shape index (κ2) is 8.36. The van der Waals surface area contributed by atoms with E-state index in [0.717, 1.165) is 55.7 Å². The molecule has 0 amide bonds. The summed E-state index contributed by atoms with van der Waals surface area (Å²) in [6.07, 6.45) is 6.60. The van der Waals surface area contributed by atoms with Gasteiger partial charge in [0.05, 0.1) is 19.8 Å². The SMILES string of the molecule is CC(C)(C)[Si](C)(C)OCc1ncc2c(n1)N(c1cccc(OC3CCOCC3)c1)CC21CC1. The first-order valence-corrected chi connectivity index (χ1v) is 15.2. The maximum atomic E-state index is 6.42. The van der Waals surface area contributed by atoms with Crippen molar-refractivity contribution in [3.63, 3.8) is 0 Å². The first-order chi connectivity index (χ1) is 15.7. The lowest BCUT2D eigenvalue weighted by Crippen LogP contribution is -2.40. The second-order valence-corrected chi connectivity index (χ2v) is 16.2. The Hall–Kier alpha value is -1.96. The lowest BCUT2D eigenvalue weighted by atomic mass is 10.0. The van der Waals surface area contributed by atoms with Gasteiger partial charge in [0.2, 0.25) is 0 Å². The molecule has 1 aromatic carbocycles. The molecule has 1 spiro atoms. The molecule has 0 atom stereocenters. The smallest absolute Gasteiger partial charge is 0.192 e. The molecule has 0 radical (unpaired) electrons. The molecule has 2 aliphatic heterocycles. The number of rotatable bonds is 6. The van der Waals surface area contributed by atoms with Crippen LogP contribution in [-0.2, 0) is 21.2 Å². The molecule has 0 N–H and O–H groups in total. The van der Waals surface area contributed by atoms with Crippen LogP contribution in [0.4, 0.5) is 11.5 Å². The number of nitrogens with zero attached hydrogens (tertiary/aromatic N) is 3. The highest BCUT2D eigenvalue weighted by atomic mass is 28.4. The predicted octanol–water partition coefficient (Wildman–Crippen LogP) is 5.74. The van der Waals surface area contributed by atoms with Crippen LogP contribution in [0.5, 0.6) is 5.75 Å². The lowest BCUT2D eigenvalue weighted by molar-refractivity contribution is 0.0256. The molecule has 1 saturated heterocycles. The van der Waals surface area contributed by atoms with E-state index in [9.17, 15) is 0 Å². The minimum atomic E-state index is -1.86. The fourth-order valence-electron chi connectivity index (χ4n) is 4.48. The highest BCUT2D eigenvalue weighted by Crippen LogP contribution is 2.57. The molecule has 1 aliphatic carbocycles. The molecule has 5 rings (SSSR count). The molecule has 33 heavy (non-hydrogen) atoms. The van der Waals surface area contributed by atoms with Crippen LogP contribution in [0, 0.1) is 0 Å². The van der Waals surface area contributed by atoms with Gasteiger partial charge in [-0.1, -0.05) is 26.8 Å². The van der Waals surface area contributed by atoms with E-state index in [1.807, 2.05) is 0 Å². The molecule has 1 aromatic heterocycles. The van der Waals surface area contributed by atoms with Crippen molar-refractivity contribution in [3.8, 4) is 5.75 Å². The Morgan fingerprint density at radius 2 is 1.94 bits per heavy atom. The monoisotopic (exact) mass is 467 g/mol. The summed E-state index contributed by atoms with van der Waals surface area (Å²) in [4.78, 5) is 12.1. The van der Waals surface area contributed by atoms with Crippen molar-refractivity contribution in [2.75, 3.05) is 24.7 Å². The topological polar surface area (TPSA) is 56.7 Å². The molecule has 3 heterocycles. The standard InChI is InChI=1S/C26H37N3O3Si/c1-25(2,3)33(4,5)31-17-23-27-16-22-24(28-23)29(18-26(22)11-12-26)19-7-6-8-21(15-19)32-20-9-13-30-14-10-20/h6-8,15-16,20H,9-14,17-18H2,1-5H3. The molecular weight excluding hydrogens is 430 g/mol. The third-order valence-corrected chi connectivity index (χ3v) is 12.4. The van der Waals surface area contributed by atoms with Crippen molar-refractivity contribution in [2.45, 2.75) is 82.7 Å². The van der Waals surface area contributed by atoms with Gasteiger partial charge in [-0.2, -0.15) is 0 Å². The Bertz CT molecular complexity index is 1010. The lowest BCUT2D eigenvalue weighted by Gasteiger charge is -2.35. The van der Waals surface area contributed by atoms with Crippen LogP contribution in [0.1, 0.15) is 57.8 Å². The van der Waals surface area contributed by atoms with Crippen molar-refractivity contribution in [2.24, 2.45) is 0 Å². The molecule has 0 unspecified atom stereocenters. The Kier molecular flexibility index (Phi) is 5.78. The number of hydrogen-bond acceptors (Lipinski definition) is 6. The van der Waals surface area contributed by atoms with Crippen molar-refractivity contribution in [3.05, 3.63) is 41.9 Å². The van der Waals surface area contributed by atoms with Gasteiger partial charge < -0.3 is 18.8 Å². The van der Waals surface area contributed by atoms with Crippen molar-refractivity contribution in [1.82, 2.24) is 9.97 Å². The van der Waals surface area contributed by atoms with E-state index in [-0.39, 0.29) is 16.6 Å². The number of aromatic nitrogens is 2. The van der Waals surface area contributed by atoms with E-state index in [1.165, 1.54) is 18.4 Å². The Morgan fingerprint density at radius 1 is 1.18 bits per heavy atom. The zero-order chi connectivity index (χ0) is 23.3. The minimum absolute atomic E-state index is 0.165. The number of fused-ring (bicyclic) bond motifs is 2. The summed E-state index contributed by atoms with van der Waals surface area (Å²) in [6, 6.07) is 8.47. The van der Waals surface area contributed by atoms with Crippen LogP contribution in [0.15, 0.2) is 30.5 Å². The van der Waals surface area contributed by atoms with Crippen LogP contribution in [-0.4, -0.2) is 44.1 Å². The van der Waals surface area contributed by atoms with Gasteiger partial charge in [0.15, 0.2) is 14.1 Å². The maximum Gasteiger partial charge on any atom is 0.192 e. The van der Waals surface area contributed by atoms with Crippen LogP contribution in [0.2, 0.25) is 18.1 Å². The summed E-state index contributed by atoms with van der Waals surface area (Å²) in [5, 5.41) is 0.165. The van der Waals surface area contributed by atoms with Gasteiger partial charge in [0.25, 0.3) is 0 Å². The number of ether oxygens (including phenoxy) is 2. The Balaban J connectivity index is 1.38. The predicted molar refractivity (Wildman–Crippen MR) is 133 cm³/mol. The van der Waals surface area contributed by atoms with Gasteiger partial charge in [-0.15, -0.1) is 0 Å². The first-order valence-electron chi connectivity index (χ1n) is 12.3. The Labute approximate surface area is 198 Å². The largest absolute Gasteiger partial charge is 0.490 e. The number of anilines is 2. The molecular formula is C26H37N3O3Si. The van der Waals surface area contributed by atoms with Crippen LogP contribution < -0.4 is 9.64 Å². The van der Waals surface area contributed by atoms with Crippen molar-refractivity contribution in [1.29, 1.82) is 0 Å². The quantitative estimate of drug-likeness (QED) is 0.505. The Morgan fingerprint density at radius 3 is 2.64 bits per heavy atom. The van der Waals surface area contributed by atoms with E-state index in [1.54, 1.807) is 0 Å². The normalized spacial score (nSPS) is 20.2. The second-order valence-electron chi connectivity index (χ2n) is 11.4. The van der Waals surface area contributed by atoms with Gasteiger partial charge in [-0.3, -0.25) is 0 Å². The number of hydrogen-bond donors (Lipinski definition) is 0. The summed E-state index contributed by atoms with van der Waals surface area (Å²) in [5.74, 6) is 2.74. The first kappa shape index (κ1) is 22.8. The average molecular weight is 468 g/mol. The van der Waals surface area contributed by atoms with Gasteiger partial charge in [0, 0.05) is 48.3 Å². The molecule has 2 fully saturated rings. The zero-order valence-electron chi connectivity index (χ0n) is 20.7.